The van der Waals surface area contributed by atoms with Gasteiger partial charge in [-0.05, 0) is 128 Å². The Bertz CT molecular complexity index is 2060. The molecule has 9 rings (SSSR count). The van der Waals surface area contributed by atoms with Crippen molar-refractivity contribution in [1.82, 2.24) is 31.1 Å². The highest BCUT2D eigenvalue weighted by Crippen LogP contribution is 2.46. The van der Waals surface area contributed by atoms with Crippen LogP contribution in [0, 0.1) is 34.7 Å². The van der Waals surface area contributed by atoms with Crippen LogP contribution in [0.5, 0.6) is 0 Å². The molecule has 0 radical (unpaired) electrons. The third-order valence-electron chi connectivity index (χ3n) is 12.9. The second-order valence-corrected chi connectivity index (χ2v) is 17.6. The monoisotopic (exact) mass is 820 g/mol. The molecule has 3 saturated carbocycles. The van der Waals surface area contributed by atoms with Gasteiger partial charge in [0.15, 0.2) is 0 Å². The van der Waals surface area contributed by atoms with Crippen LogP contribution in [0.3, 0.4) is 0 Å². The number of carbonyl (C=O) groups excluding carboxylic acids is 3. The second kappa shape index (κ2) is 18.5. The predicted octanol–water partition coefficient (Wildman–Crippen LogP) is 5.92. The minimum absolute atomic E-state index is 0.173. The molecular weight excluding hydrogens is 766 g/mol. The Labute approximate surface area is 342 Å². The lowest BCUT2D eigenvalue weighted by atomic mass is 9.84. The maximum absolute atomic E-state index is 14.2. The van der Waals surface area contributed by atoms with Crippen LogP contribution in [0.25, 0.3) is 0 Å². The third-order valence-corrected chi connectivity index (χ3v) is 12.9. The van der Waals surface area contributed by atoms with Crippen molar-refractivity contribution in [3.63, 3.8) is 0 Å². The molecule has 0 bridgehead atoms. The van der Waals surface area contributed by atoms with Gasteiger partial charge in [0, 0.05) is 92.3 Å². The molecule has 0 unspecified atom stereocenters. The average molecular weight is 821 g/mol. The van der Waals surface area contributed by atoms with Gasteiger partial charge in [0.05, 0.1) is 0 Å². The van der Waals surface area contributed by atoms with Gasteiger partial charge in [0.2, 0.25) is 0 Å². The van der Waals surface area contributed by atoms with Crippen LogP contribution in [0.4, 0.5) is 13.2 Å². The van der Waals surface area contributed by atoms with E-state index in [4.69, 9.17) is 15.6 Å². The SMILES string of the molecule is CC1(CN2CCc3cc(C(=O)NO)cc(F)c3C2)CC1.O=C(NO)c1cc(F)c2c(c1)CCN(CC1CC1)C2.O=C(NO)c1cc(F)c2c(c1)CCN(CC1CCC1)C2. The number of carbonyl (C=O) groups is 3. The first-order chi connectivity index (χ1) is 28.3. The number of hydroxylamine groups is 3. The highest BCUT2D eigenvalue weighted by Gasteiger charge is 2.39. The van der Waals surface area contributed by atoms with E-state index in [1.54, 1.807) is 34.6 Å². The zero-order chi connectivity index (χ0) is 41.8. The molecule has 3 aliphatic heterocycles. The molecule has 318 valence electrons. The van der Waals surface area contributed by atoms with E-state index in [2.05, 4.69) is 21.6 Å². The van der Waals surface area contributed by atoms with Gasteiger partial charge in [-0.1, -0.05) is 13.3 Å². The Morgan fingerprint density at radius 1 is 0.593 bits per heavy atom. The van der Waals surface area contributed by atoms with Crippen molar-refractivity contribution >= 4 is 17.7 Å². The first-order valence-electron chi connectivity index (χ1n) is 20.8. The summed E-state index contributed by atoms with van der Waals surface area (Å²) in [4.78, 5) is 41.0. The van der Waals surface area contributed by atoms with Gasteiger partial charge in [-0.25, -0.2) is 29.6 Å². The van der Waals surface area contributed by atoms with E-state index in [1.165, 1.54) is 63.1 Å². The number of nitrogens with zero attached hydrogens (tertiary/aromatic N) is 3. The molecule has 3 aliphatic carbocycles. The zero-order valence-corrected chi connectivity index (χ0v) is 33.6. The van der Waals surface area contributed by atoms with Gasteiger partial charge in [-0.3, -0.25) is 44.7 Å². The minimum Gasteiger partial charge on any atom is -0.298 e. The Balaban J connectivity index is 0.000000134. The first kappa shape index (κ1) is 42.7. The second-order valence-electron chi connectivity index (χ2n) is 17.6. The summed E-state index contributed by atoms with van der Waals surface area (Å²) in [6.45, 7) is 9.97. The summed E-state index contributed by atoms with van der Waals surface area (Å²) >= 11 is 0. The largest absolute Gasteiger partial charge is 0.298 e. The zero-order valence-electron chi connectivity index (χ0n) is 33.6. The molecule has 3 aromatic rings. The lowest BCUT2D eigenvalue weighted by molar-refractivity contribution is 0.0701. The lowest BCUT2D eigenvalue weighted by Crippen LogP contribution is -2.37. The maximum atomic E-state index is 14.2. The smallest absolute Gasteiger partial charge is 0.274 e. The van der Waals surface area contributed by atoms with Crippen LogP contribution >= 0.6 is 0 Å². The Kier molecular flexibility index (Phi) is 13.4. The van der Waals surface area contributed by atoms with Gasteiger partial charge >= 0.3 is 0 Å². The van der Waals surface area contributed by atoms with Gasteiger partial charge < -0.3 is 0 Å². The van der Waals surface area contributed by atoms with Crippen LogP contribution in [-0.4, -0.2) is 87.3 Å². The quantitative estimate of drug-likeness (QED) is 0.114. The Morgan fingerprint density at radius 3 is 1.27 bits per heavy atom. The molecule has 0 atom stereocenters. The van der Waals surface area contributed by atoms with Crippen molar-refractivity contribution < 1.29 is 43.2 Å². The van der Waals surface area contributed by atoms with Crippen LogP contribution in [0.2, 0.25) is 0 Å². The van der Waals surface area contributed by atoms with E-state index in [0.717, 1.165) is 87.1 Å². The fourth-order valence-corrected chi connectivity index (χ4v) is 8.68. The summed E-state index contributed by atoms with van der Waals surface area (Å²) in [5.74, 6) is -1.48. The molecule has 3 amide bonds. The van der Waals surface area contributed by atoms with Crippen LogP contribution in [0.1, 0.15) is 116 Å². The van der Waals surface area contributed by atoms with Crippen molar-refractivity contribution in [2.24, 2.45) is 17.3 Å². The number of rotatable bonds is 9. The van der Waals surface area contributed by atoms with Crippen molar-refractivity contribution in [2.75, 3.05) is 39.3 Å². The molecule has 0 aromatic heterocycles. The van der Waals surface area contributed by atoms with Crippen molar-refractivity contribution in [3.05, 3.63) is 104 Å². The third kappa shape index (κ3) is 10.7. The summed E-state index contributed by atoms with van der Waals surface area (Å²) in [7, 11) is 0. The van der Waals surface area contributed by atoms with Crippen molar-refractivity contribution in [3.8, 4) is 0 Å². The number of hydrogen-bond acceptors (Lipinski definition) is 9. The Hall–Kier alpha value is -4.38. The number of amides is 3. The standard InChI is InChI=1S/2C15H19FN2O2.C14H17FN2O2/c1-15(3-4-15)9-18-5-2-10-6-11(14(19)17-20)7-13(16)12(10)8-18;16-14-7-12(15(19)17-20)6-11-4-5-18(9-13(11)14)8-10-2-1-3-10;15-13-6-11(14(18)16-19)5-10-3-4-17(8-12(10)13)7-9-1-2-9/h6-7,20H,2-5,8-9H2,1H3,(H,17,19);6-7,10,20H,1-5,8-9H2,(H,17,19);5-6,9,19H,1-4,7-8H2,(H,16,18). The normalized spacial score (nSPS) is 19.6. The van der Waals surface area contributed by atoms with Gasteiger partial charge in [0.1, 0.15) is 17.5 Å². The van der Waals surface area contributed by atoms with E-state index in [9.17, 15) is 27.6 Å². The molecule has 3 aromatic carbocycles. The summed E-state index contributed by atoms with van der Waals surface area (Å²) in [5, 5.41) is 25.9. The predicted molar refractivity (Wildman–Crippen MR) is 211 cm³/mol. The fourth-order valence-electron chi connectivity index (χ4n) is 8.68. The molecule has 12 nitrogen and oxygen atoms in total. The molecule has 0 spiro atoms. The molecule has 3 fully saturated rings. The minimum atomic E-state index is -0.667. The number of benzene rings is 3. The van der Waals surface area contributed by atoms with E-state index in [-0.39, 0.29) is 34.1 Å². The molecule has 59 heavy (non-hydrogen) atoms. The van der Waals surface area contributed by atoms with E-state index in [1.807, 2.05) is 0 Å². The summed E-state index contributed by atoms with van der Waals surface area (Å²) in [5.41, 5.74) is 10.3. The van der Waals surface area contributed by atoms with Gasteiger partial charge in [-0.2, -0.15) is 0 Å². The van der Waals surface area contributed by atoms with Gasteiger partial charge in [0.25, 0.3) is 17.7 Å². The molecule has 0 saturated heterocycles. The molecular formula is C44H55F3N6O6. The van der Waals surface area contributed by atoms with Crippen molar-refractivity contribution in [1.29, 1.82) is 0 Å². The molecule has 15 heteroatoms. The van der Waals surface area contributed by atoms with Gasteiger partial charge in [-0.15, -0.1) is 0 Å². The van der Waals surface area contributed by atoms with E-state index < -0.39 is 17.7 Å². The summed E-state index contributed by atoms with van der Waals surface area (Å²) in [6, 6.07) is 8.65. The van der Waals surface area contributed by atoms with Crippen LogP contribution in [0.15, 0.2) is 36.4 Å². The number of fused-ring (bicyclic) bond motifs is 3. The highest BCUT2D eigenvalue weighted by molar-refractivity contribution is 5.94. The molecule has 6 N–H and O–H groups in total. The van der Waals surface area contributed by atoms with Crippen LogP contribution < -0.4 is 16.4 Å². The van der Waals surface area contributed by atoms with Crippen molar-refractivity contribution in [2.45, 2.75) is 90.8 Å². The summed E-state index contributed by atoms with van der Waals surface area (Å²) < 4.78 is 42.4. The first-order valence-corrected chi connectivity index (χ1v) is 20.8. The summed E-state index contributed by atoms with van der Waals surface area (Å²) in [6.07, 6.45) is 11.3. The topological polar surface area (TPSA) is 158 Å². The molecule has 6 aliphatic rings. The number of hydrogen-bond donors (Lipinski definition) is 6. The highest BCUT2D eigenvalue weighted by atomic mass is 19.1. The van der Waals surface area contributed by atoms with E-state index in [0.29, 0.717) is 41.7 Å². The lowest BCUT2D eigenvalue weighted by Gasteiger charge is -2.35. The van der Waals surface area contributed by atoms with E-state index >= 15 is 0 Å². The number of nitrogens with one attached hydrogen (secondary N) is 3. The van der Waals surface area contributed by atoms with Crippen LogP contribution in [-0.2, 0) is 38.9 Å². The fraction of sp³-hybridized carbons (Fsp3) is 0.523. The Morgan fingerprint density at radius 2 is 0.949 bits per heavy atom. The number of halogens is 3. The average Bonchev–Trinajstić information content (AvgIpc) is 4.17. The molecule has 3 heterocycles. The maximum Gasteiger partial charge on any atom is 0.274 e.